The van der Waals surface area contributed by atoms with E-state index in [1.165, 1.54) is 4.31 Å². The van der Waals surface area contributed by atoms with Crippen LogP contribution in [0.4, 0.5) is 0 Å². The molecule has 2 rings (SSSR count). The maximum atomic E-state index is 12.2. The molecular formula is C9H19N3O3S. The van der Waals surface area contributed by atoms with Crippen molar-refractivity contribution in [3.63, 3.8) is 0 Å². The third-order valence-electron chi connectivity index (χ3n) is 3.08. The van der Waals surface area contributed by atoms with Crippen LogP contribution in [-0.2, 0) is 14.9 Å². The summed E-state index contributed by atoms with van der Waals surface area (Å²) in [5.41, 5.74) is 5.50. The van der Waals surface area contributed by atoms with Crippen LogP contribution in [-0.4, -0.2) is 62.5 Å². The van der Waals surface area contributed by atoms with Gasteiger partial charge in [-0.1, -0.05) is 0 Å². The molecule has 94 valence electrons. The predicted octanol–water partition coefficient (Wildman–Crippen LogP) is -1.01. The van der Waals surface area contributed by atoms with Gasteiger partial charge in [-0.25, -0.2) is 0 Å². The summed E-state index contributed by atoms with van der Waals surface area (Å²) in [7, 11) is -3.27. The van der Waals surface area contributed by atoms with Crippen LogP contribution < -0.4 is 5.73 Å². The number of nitrogens with zero attached hydrogens (tertiary/aromatic N) is 2. The number of nitrogens with two attached hydrogens (primary N) is 1. The lowest BCUT2D eigenvalue weighted by molar-refractivity contribution is 0.00292. The number of morpholine rings is 1. The first-order chi connectivity index (χ1) is 7.64. The molecule has 0 spiro atoms. The van der Waals surface area contributed by atoms with Crippen molar-refractivity contribution in [2.45, 2.75) is 18.9 Å². The molecule has 0 aromatic carbocycles. The first-order valence-corrected chi connectivity index (χ1v) is 7.11. The van der Waals surface area contributed by atoms with E-state index in [2.05, 4.69) is 0 Å². The fourth-order valence-electron chi connectivity index (χ4n) is 2.13. The van der Waals surface area contributed by atoms with Gasteiger partial charge in [0, 0.05) is 32.7 Å². The van der Waals surface area contributed by atoms with Crippen LogP contribution in [0.15, 0.2) is 0 Å². The molecule has 1 unspecified atom stereocenters. The van der Waals surface area contributed by atoms with E-state index in [1.807, 2.05) is 0 Å². The van der Waals surface area contributed by atoms with Crippen molar-refractivity contribution in [2.24, 2.45) is 5.73 Å². The highest BCUT2D eigenvalue weighted by molar-refractivity contribution is 7.86. The zero-order valence-electron chi connectivity index (χ0n) is 9.34. The number of rotatable bonds is 3. The monoisotopic (exact) mass is 249 g/mol. The highest BCUT2D eigenvalue weighted by Crippen LogP contribution is 2.18. The molecule has 0 amide bonds. The maximum Gasteiger partial charge on any atom is 0.282 e. The summed E-state index contributed by atoms with van der Waals surface area (Å²) in [6.45, 7) is 2.92. The smallest absolute Gasteiger partial charge is 0.282 e. The topological polar surface area (TPSA) is 75.9 Å². The molecule has 2 fully saturated rings. The zero-order valence-corrected chi connectivity index (χ0v) is 10.2. The second kappa shape index (κ2) is 4.97. The first kappa shape index (κ1) is 12.3. The molecule has 6 nitrogen and oxygen atoms in total. The Bertz CT molecular complexity index is 327. The van der Waals surface area contributed by atoms with Gasteiger partial charge in [0.2, 0.25) is 0 Å². The Morgan fingerprint density at radius 1 is 1.19 bits per heavy atom. The van der Waals surface area contributed by atoms with Gasteiger partial charge in [-0.15, -0.1) is 0 Å². The minimum atomic E-state index is -3.27. The average molecular weight is 249 g/mol. The standard InChI is InChI=1S/C9H19N3O3S/c10-7-9-8-12(5-6-15-9)16(13,14)11-3-1-2-4-11/h9H,1-8,10H2. The Balaban J connectivity index is 2.04. The maximum absolute atomic E-state index is 12.2. The quantitative estimate of drug-likeness (QED) is 0.695. The van der Waals surface area contributed by atoms with Crippen LogP contribution >= 0.6 is 0 Å². The molecule has 7 heteroatoms. The number of hydrogen-bond acceptors (Lipinski definition) is 4. The molecule has 16 heavy (non-hydrogen) atoms. The van der Waals surface area contributed by atoms with E-state index >= 15 is 0 Å². The van der Waals surface area contributed by atoms with Gasteiger partial charge in [-0.05, 0) is 12.8 Å². The Kier molecular flexibility index (Phi) is 3.81. The van der Waals surface area contributed by atoms with Gasteiger partial charge >= 0.3 is 0 Å². The molecule has 2 aliphatic heterocycles. The van der Waals surface area contributed by atoms with Crippen LogP contribution in [0.3, 0.4) is 0 Å². The van der Waals surface area contributed by atoms with Crippen LogP contribution in [0.25, 0.3) is 0 Å². The van der Waals surface area contributed by atoms with E-state index in [0.29, 0.717) is 39.3 Å². The molecular weight excluding hydrogens is 230 g/mol. The summed E-state index contributed by atoms with van der Waals surface area (Å²) < 4.78 is 32.8. The summed E-state index contributed by atoms with van der Waals surface area (Å²) >= 11 is 0. The molecule has 2 N–H and O–H groups in total. The second-order valence-corrected chi connectivity index (χ2v) is 6.13. The predicted molar refractivity (Wildman–Crippen MR) is 60.1 cm³/mol. The molecule has 1 atom stereocenters. The zero-order chi connectivity index (χ0) is 11.6. The SMILES string of the molecule is NCC1CN(S(=O)(=O)N2CCCC2)CCO1. The van der Waals surface area contributed by atoms with Crippen molar-refractivity contribution in [3.8, 4) is 0 Å². The van der Waals surface area contributed by atoms with Crippen molar-refractivity contribution in [1.82, 2.24) is 8.61 Å². The fraction of sp³-hybridized carbons (Fsp3) is 1.00. The van der Waals surface area contributed by atoms with Crippen molar-refractivity contribution < 1.29 is 13.2 Å². The lowest BCUT2D eigenvalue weighted by Gasteiger charge is -2.33. The molecule has 0 bridgehead atoms. The van der Waals surface area contributed by atoms with Crippen LogP contribution in [0.1, 0.15) is 12.8 Å². The molecule has 0 aromatic rings. The minimum absolute atomic E-state index is 0.161. The van der Waals surface area contributed by atoms with E-state index in [0.717, 1.165) is 12.8 Å². The molecule has 2 saturated heterocycles. The summed E-state index contributed by atoms with van der Waals surface area (Å²) in [5.74, 6) is 0. The van der Waals surface area contributed by atoms with Crippen LogP contribution in [0, 0.1) is 0 Å². The Morgan fingerprint density at radius 3 is 2.50 bits per heavy atom. The van der Waals surface area contributed by atoms with E-state index in [4.69, 9.17) is 10.5 Å². The van der Waals surface area contributed by atoms with Crippen molar-refractivity contribution >= 4 is 10.2 Å². The van der Waals surface area contributed by atoms with E-state index in [-0.39, 0.29) is 6.10 Å². The molecule has 0 radical (unpaired) electrons. The van der Waals surface area contributed by atoms with Gasteiger partial charge in [-0.2, -0.15) is 17.0 Å². The Labute approximate surface area is 96.5 Å². The Morgan fingerprint density at radius 2 is 1.88 bits per heavy atom. The molecule has 2 aliphatic rings. The molecule has 2 heterocycles. The summed E-state index contributed by atoms with van der Waals surface area (Å²) in [5, 5.41) is 0. The number of hydrogen-bond donors (Lipinski definition) is 1. The van der Waals surface area contributed by atoms with E-state index in [1.54, 1.807) is 4.31 Å². The van der Waals surface area contributed by atoms with Gasteiger partial charge in [0.05, 0.1) is 12.7 Å². The van der Waals surface area contributed by atoms with Gasteiger partial charge in [0.25, 0.3) is 10.2 Å². The lowest BCUT2D eigenvalue weighted by Crippen LogP contribution is -2.52. The van der Waals surface area contributed by atoms with Crippen molar-refractivity contribution in [2.75, 3.05) is 39.3 Å². The van der Waals surface area contributed by atoms with Gasteiger partial charge in [-0.3, -0.25) is 0 Å². The number of ether oxygens (including phenoxy) is 1. The lowest BCUT2D eigenvalue weighted by atomic mass is 10.3. The molecule has 0 aliphatic carbocycles. The van der Waals surface area contributed by atoms with Gasteiger partial charge in [0.1, 0.15) is 0 Å². The average Bonchev–Trinajstić information content (AvgIpc) is 2.83. The van der Waals surface area contributed by atoms with Gasteiger partial charge < -0.3 is 10.5 Å². The summed E-state index contributed by atoms with van der Waals surface area (Å²) in [6.07, 6.45) is 1.76. The second-order valence-electron chi connectivity index (χ2n) is 4.20. The molecule has 0 aromatic heterocycles. The van der Waals surface area contributed by atoms with Crippen LogP contribution in [0.5, 0.6) is 0 Å². The summed E-state index contributed by atoms with van der Waals surface area (Å²) in [4.78, 5) is 0. The molecule has 0 saturated carbocycles. The highest BCUT2D eigenvalue weighted by Gasteiger charge is 2.34. The summed E-state index contributed by atoms with van der Waals surface area (Å²) in [6, 6.07) is 0. The minimum Gasteiger partial charge on any atom is -0.374 e. The van der Waals surface area contributed by atoms with Gasteiger partial charge in [0.15, 0.2) is 0 Å². The first-order valence-electron chi connectivity index (χ1n) is 5.71. The third kappa shape index (κ3) is 2.38. The van der Waals surface area contributed by atoms with Crippen molar-refractivity contribution in [3.05, 3.63) is 0 Å². The van der Waals surface area contributed by atoms with Crippen molar-refractivity contribution in [1.29, 1.82) is 0 Å². The van der Waals surface area contributed by atoms with E-state index < -0.39 is 10.2 Å². The largest absolute Gasteiger partial charge is 0.374 e. The highest BCUT2D eigenvalue weighted by atomic mass is 32.2. The normalized spacial score (nSPS) is 29.7. The van der Waals surface area contributed by atoms with E-state index in [9.17, 15) is 8.42 Å². The third-order valence-corrected chi connectivity index (χ3v) is 5.08. The fourth-order valence-corrected chi connectivity index (χ4v) is 3.83. The van der Waals surface area contributed by atoms with Crippen LogP contribution in [0.2, 0.25) is 0 Å². The Hall–Kier alpha value is -0.210.